The van der Waals surface area contributed by atoms with E-state index in [1.165, 1.54) is 11.8 Å². The summed E-state index contributed by atoms with van der Waals surface area (Å²) in [6.07, 6.45) is 0. The van der Waals surface area contributed by atoms with Crippen LogP contribution in [0.25, 0.3) is 0 Å². The van der Waals surface area contributed by atoms with E-state index in [0.29, 0.717) is 20.8 Å². The Morgan fingerprint density at radius 3 is 2.59 bits per heavy atom. The van der Waals surface area contributed by atoms with Crippen molar-refractivity contribution in [1.29, 1.82) is 0 Å². The molecule has 8 heteroatoms. The van der Waals surface area contributed by atoms with Gasteiger partial charge in [0, 0.05) is 25.1 Å². The van der Waals surface area contributed by atoms with E-state index < -0.39 is 0 Å². The number of fused-ring (bicyclic) bond motifs is 1. The number of hydrogen-bond acceptors (Lipinski definition) is 6. The summed E-state index contributed by atoms with van der Waals surface area (Å²) in [4.78, 5) is 22.8. The van der Waals surface area contributed by atoms with Crippen molar-refractivity contribution < 1.29 is 9.53 Å². The molecule has 0 saturated carbocycles. The molecule has 4 rings (SSSR count). The van der Waals surface area contributed by atoms with E-state index in [2.05, 4.69) is 4.99 Å². The molecule has 5 nitrogen and oxygen atoms in total. The molecule has 1 saturated heterocycles. The fourth-order valence-electron chi connectivity index (χ4n) is 2.77. The quantitative estimate of drug-likeness (QED) is 0.646. The molecule has 0 aromatic heterocycles. The second-order valence-corrected chi connectivity index (χ2v) is 8.36. The maximum absolute atomic E-state index is 12.9. The molecule has 1 fully saturated rings. The first-order valence-electron chi connectivity index (χ1n) is 8.12. The van der Waals surface area contributed by atoms with Crippen molar-refractivity contribution >= 4 is 57.6 Å². The summed E-state index contributed by atoms with van der Waals surface area (Å²) in [6.45, 7) is 0. The zero-order valence-corrected chi connectivity index (χ0v) is 17.3. The van der Waals surface area contributed by atoms with Gasteiger partial charge < -0.3 is 9.64 Å². The van der Waals surface area contributed by atoms with Crippen LogP contribution in [0.5, 0.6) is 5.75 Å². The summed E-state index contributed by atoms with van der Waals surface area (Å²) in [5.74, 6) is 0.718. The van der Waals surface area contributed by atoms with Gasteiger partial charge in [-0.2, -0.15) is 0 Å². The van der Waals surface area contributed by atoms with Crippen LogP contribution in [0.1, 0.15) is 0 Å². The van der Waals surface area contributed by atoms with Gasteiger partial charge >= 0.3 is 0 Å². The SMILES string of the molecule is COc1ccc2c(c1)N(C)/C(=C1/SC(=Nc3ccccc3Cl)N(C)C1=O)S2. The minimum atomic E-state index is -0.0695. The number of halogens is 1. The number of anilines is 1. The van der Waals surface area contributed by atoms with Crippen molar-refractivity contribution in [2.75, 3.05) is 26.1 Å². The van der Waals surface area contributed by atoms with Gasteiger partial charge in [0.1, 0.15) is 10.7 Å². The first-order chi connectivity index (χ1) is 13.0. The van der Waals surface area contributed by atoms with Gasteiger partial charge in [0.05, 0.1) is 28.5 Å². The Bertz CT molecular complexity index is 1010. The van der Waals surface area contributed by atoms with Crippen LogP contribution in [-0.2, 0) is 4.79 Å². The lowest BCUT2D eigenvalue weighted by atomic mass is 10.3. The number of carbonyl (C=O) groups excluding carboxylic acids is 1. The second kappa shape index (κ2) is 7.14. The van der Waals surface area contributed by atoms with Crippen molar-refractivity contribution in [2.45, 2.75) is 4.90 Å². The number of para-hydroxylation sites is 1. The molecule has 0 unspecified atom stereocenters. The molecule has 2 aromatic carbocycles. The molecule has 0 aliphatic carbocycles. The number of methoxy groups -OCH3 is 1. The standard InChI is InChI=1S/C19H16ClN3O2S2/c1-22-14-10-11(25-3)8-9-15(14)26-18(22)16-17(24)23(2)19(27-16)21-13-7-5-4-6-12(13)20/h4-10H,1-3H3/b18-16-,21-19?. The number of hydrogen-bond donors (Lipinski definition) is 0. The molecular weight excluding hydrogens is 402 g/mol. The molecule has 2 heterocycles. The lowest BCUT2D eigenvalue weighted by Gasteiger charge is -2.15. The summed E-state index contributed by atoms with van der Waals surface area (Å²) in [5, 5.41) is 2.06. The molecule has 0 spiro atoms. The number of amidine groups is 1. The molecule has 0 radical (unpaired) electrons. The van der Waals surface area contributed by atoms with Crippen molar-refractivity contribution in [2.24, 2.45) is 4.99 Å². The third-order valence-corrected chi connectivity index (χ3v) is 7.09. The van der Waals surface area contributed by atoms with E-state index >= 15 is 0 Å². The number of benzene rings is 2. The van der Waals surface area contributed by atoms with Crippen LogP contribution in [0.15, 0.2) is 62.3 Å². The fourth-order valence-corrected chi connectivity index (χ4v) is 5.26. The third kappa shape index (κ3) is 3.20. The summed E-state index contributed by atoms with van der Waals surface area (Å²) < 4.78 is 5.32. The summed E-state index contributed by atoms with van der Waals surface area (Å²) in [7, 11) is 5.33. The van der Waals surface area contributed by atoms with Gasteiger partial charge in [-0.25, -0.2) is 4.99 Å². The van der Waals surface area contributed by atoms with Gasteiger partial charge in [0.2, 0.25) is 0 Å². The van der Waals surface area contributed by atoms with E-state index in [1.54, 1.807) is 36.9 Å². The predicted octanol–water partition coefficient (Wildman–Crippen LogP) is 4.95. The van der Waals surface area contributed by atoms with Crippen LogP contribution in [0.4, 0.5) is 11.4 Å². The van der Waals surface area contributed by atoms with Gasteiger partial charge in [-0.15, -0.1) is 0 Å². The van der Waals surface area contributed by atoms with Crippen LogP contribution in [0.2, 0.25) is 5.02 Å². The molecular formula is C19H16ClN3O2S2. The van der Waals surface area contributed by atoms with E-state index in [0.717, 1.165) is 21.4 Å². The Morgan fingerprint density at radius 1 is 1.07 bits per heavy atom. The van der Waals surface area contributed by atoms with Crippen molar-refractivity contribution in [1.82, 2.24) is 4.90 Å². The number of amides is 1. The molecule has 0 N–H and O–H groups in total. The highest BCUT2D eigenvalue weighted by molar-refractivity contribution is 8.19. The molecule has 0 bridgehead atoms. The van der Waals surface area contributed by atoms with Gasteiger partial charge in [0.25, 0.3) is 5.91 Å². The van der Waals surface area contributed by atoms with Gasteiger partial charge in [-0.1, -0.05) is 35.5 Å². The molecule has 2 aliphatic heterocycles. The zero-order valence-electron chi connectivity index (χ0n) is 14.9. The highest BCUT2D eigenvalue weighted by Crippen LogP contribution is 2.50. The lowest BCUT2D eigenvalue weighted by Crippen LogP contribution is -2.24. The largest absolute Gasteiger partial charge is 0.497 e. The van der Waals surface area contributed by atoms with E-state index in [1.807, 2.05) is 48.3 Å². The lowest BCUT2D eigenvalue weighted by molar-refractivity contribution is -0.121. The minimum absolute atomic E-state index is 0.0695. The number of aliphatic imine (C=N–C) groups is 1. The number of nitrogens with zero attached hydrogens (tertiary/aromatic N) is 3. The third-order valence-electron chi connectivity index (χ3n) is 4.28. The maximum atomic E-state index is 12.9. The topological polar surface area (TPSA) is 45.1 Å². The minimum Gasteiger partial charge on any atom is -0.497 e. The first kappa shape index (κ1) is 18.3. The maximum Gasteiger partial charge on any atom is 0.269 e. The van der Waals surface area contributed by atoms with E-state index in [4.69, 9.17) is 16.3 Å². The van der Waals surface area contributed by atoms with Crippen molar-refractivity contribution in [3.8, 4) is 5.75 Å². The van der Waals surface area contributed by atoms with Gasteiger partial charge in [0.15, 0.2) is 5.17 Å². The Morgan fingerprint density at radius 2 is 1.85 bits per heavy atom. The average Bonchev–Trinajstić information content (AvgIpc) is 3.14. The van der Waals surface area contributed by atoms with Gasteiger partial charge in [-0.3, -0.25) is 9.69 Å². The Balaban J connectivity index is 1.71. The van der Waals surface area contributed by atoms with Crippen molar-refractivity contribution in [3.05, 3.63) is 57.4 Å². The molecule has 2 aliphatic rings. The Labute approximate surface area is 171 Å². The smallest absolute Gasteiger partial charge is 0.269 e. The van der Waals surface area contributed by atoms with Crippen LogP contribution in [-0.4, -0.2) is 37.2 Å². The summed E-state index contributed by atoms with van der Waals surface area (Å²) >= 11 is 9.15. The number of ether oxygens (including phenoxy) is 1. The van der Waals surface area contributed by atoms with Crippen LogP contribution in [0.3, 0.4) is 0 Å². The van der Waals surface area contributed by atoms with Crippen molar-refractivity contribution in [3.63, 3.8) is 0 Å². The fraction of sp³-hybridized carbons (Fsp3) is 0.158. The van der Waals surface area contributed by atoms with E-state index in [9.17, 15) is 4.79 Å². The Hall–Kier alpha value is -2.09. The molecule has 27 heavy (non-hydrogen) atoms. The molecule has 1 amide bonds. The first-order valence-corrected chi connectivity index (χ1v) is 10.1. The zero-order chi connectivity index (χ0) is 19.1. The molecule has 138 valence electrons. The monoisotopic (exact) mass is 417 g/mol. The van der Waals surface area contributed by atoms with Gasteiger partial charge in [-0.05, 0) is 36.0 Å². The average molecular weight is 418 g/mol. The number of likely N-dealkylation sites (N-methyl/N-ethyl adjacent to an activating group) is 1. The highest BCUT2D eigenvalue weighted by atomic mass is 35.5. The highest BCUT2D eigenvalue weighted by Gasteiger charge is 2.37. The normalized spacial score (nSPS) is 20.6. The van der Waals surface area contributed by atoms with E-state index in [-0.39, 0.29) is 5.91 Å². The number of thioether (sulfide) groups is 2. The number of carbonyl (C=O) groups is 1. The molecule has 2 aromatic rings. The predicted molar refractivity (Wildman–Crippen MR) is 113 cm³/mol. The van der Waals surface area contributed by atoms with Crippen LogP contribution in [0, 0.1) is 0 Å². The summed E-state index contributed by atoms with van der Waals surface area (Å²) in [6, 6.07) is 13.2. The molecule has 0 atom stereocenters. The Kier molecular flexibility index (Phi) is 4.84. The van der Waals surface area contributed by atoms with Crippen LogP contribution < -0.4 is 9.64 Å². The number of rotatable bonds is 2. The second-order valence-electron chi connectivity index (χ2n) is 5.94. The van der Waals surface area contributed by atoms with Crippen LogP contribution >= 0.6 is 35.1 Å². The summed E-state index contributed by atoms with van der Waals surface area (Å²) in [5.41, 5.74) is 1.67.